The lowest BCUT2D eigenvalue weighted by molar-refractivity contribution is 0.575. The van der Waals surface area contributed by atoms with Gasteiger partial charge >= 0.3 is 0 Å². The quantitative estimate of drug-likeness (QED) is 0.222. The minimum Gasteiger partial charge on any atom is -0.273 e. The Hall–Kier alpha value is -0.940. The van der Waals surface area contributed by atoms with Gasteiger partial charge in [0.2, 0.25) is 5.16 Å². The third kappa shape index (κ3) is 8.37. The number of benzene rings is 1. The highest BCUT2D eigenvalue weighted by Gasteiger charge is 2.22. The fraction of sp³-hybridized carbons (Fsp3) is 0.667. The van der Waals surface area contributed by atoms with E-state index in [1.54, 1.807) is 10.8 Å². The van der Waals surface area contributed by atoms with Gasteiger partial charge in [0, 0.05) is 16.9 Å². The first-order chi connectivity index (χ1) is 14.0. The Kier molecular flexibility index (Phi) is 10.6. The van der Waals surface area contributed by atoms with Crippen molar-refractivity contribution in [3.05, 3.63) is 35.7 Å². The summed E-state index contributed by atoms with van der Waals surface area (Å²) in [5.41, 5.74) is 2.46. The van der Waals surface area contributed by atoms with Gasteiger partial charge in [0.15, 0.2) is 0 Å². The lowest BCUT2D eigenvalue weighted by Crippen LogP contribution is -2.13. The first-order valence-corrected chi connectivity index (χ1v) is 13.5. The molecule has 162 valence electrons. The topological polar surface area (TPSA) is 30.7 Å². The van der Waals surface area contributed by atoms with Gasteiger partial charge in [-0.2, -0.15) is 0 Å². The number of aryl methyl sites for hydroxylation is 2. The van der Waals surface area contributed by atoms with E-state index in [4.69, 9.17) is 0 Å². The van der Waals surface area contributed by atoms with Gasteiger partial charge in [-0.3, -0.25) is 4.57 Å². The number of unbranched alkanes of at least 4 members (excludes halogenated alkanes) is 6. The standard InChI is InChI=1S/C24H39N3S2/c1-6-8-10-11-12-14-22-25-26-23(27(22)21-17-15-20(3)16-18-21)28-29-24(4,5)19-13-9-7-2/h15-18H,6-14,19H2,1-5H3. The minimum atomic E-state index is 0.240. The zero-order chi connectivity index (χ0) is 21.1. The van der Waals surface area contributed by atoms with Gasteiger partial charge < -0.3 is 0 Å². The summed E-state index contributed by atoms with van der Waals surface area (Å²) < 4.78 is 2.52. The van der Waals surface area contributed by atoms with Crippen molar-refractivity contribution in [3.8, 4) is 5.69 Å². The van der Waals surface area contributed by atoms with Crippen LogP contribution in [0.1, 0.15) is 96.9 Å². The maximum Gasteiger partial charge on any atom is 0.206 e. The average molecular weight is 434 g/mol. The second-order valence-corrected chi connectivity index (χ2v) is 11.4. The molecule has 0 bridgehead atoms. The van der Waals surface area contributed by atoms with Crippen LogP contribution in [-0.2, 0) is 6.42 Å². The summed E-state index contributed by atoms with van der Waals surface area (Å²) in [5.74, 6) is 1.09. The molecular weight excluding hydrogens is 394 g/mol. The minimum absolute atomic E-state index is 0.240. The van der Waals surface area contributed by atoms with Crippen molar-refractivity contribution in [1.29, 1.82) is 0 Å². The van der Waals surface area contributed by atoms with Crippen LogP contribution in [-0.4, -0.2) is 19.5 Å². The van der Waals surface area contributed by atoms with Gasteiger partial charge in [-0.05, 0) is 56.5 Å². The van der Waals surface area contributed by atoms with Crippen LogP contribution >= 0.6 is 21.6 Å². The van der Waals surface area contributed by atoms with Crippen molar-refractivity contribution in [2.45, 2.75) is 109 Å². The third-order valence-corrected chi connectivity index (χ3v) is 8.42. The molecule has 0 fully saturated rings. The monoisotopic (exact) mass is 433 g/mol. The van der Waals surface area contributed by atoms with E-state index in [1.807, 2.05) is 10.8 Å². The van der Waals surface area contributed by atoms with Crippen molar-refractivity contribution in [1.82, 2.24) is 14.8 Å². The van der Waals surface area contributed by atoms with Gasteiger partial charge in [-0.1, -0.05) is 87.3 Å². The molecule has 0 saturated heterocycles. The summed E-state index contributed by atoms with van der Waals surface area (Å²) in [5, 5.41) is 10.2. The predicted molar refractivity (Wildman–Crippen MR) is 130 cm³/mol. The molecule has 0 N–H and O–H groups in total. The van der Waals surface area contributed by atoms with E-state index >= 15 is 0 Å². The van der Waals surface area contributed by atoms with Gasteiger partial charge in [0.05, 0.1) is 0 Å². The molecule has 0 spiro atoms. The summed E-state index contributed by atoms with van der Waals surface area (Å²) in [6, 6.07) is 8.74. The van der Waals surface area contributed by atoms with Crippen molar-refractivity contribution in [2.24, 2.45) is 0 Å². The Bertz CT molecular complexity index is 707. The van der Waals surface area contributed by atoms with E-state index < -0.39 is 0 Å². The highest BCUT2D eigenvalue weighted by atomic mass is 33.1. The van der Waals surface area contributed by atoms with Crippen molar-refractivity contribution in [3.63, 3.8) is 0 Å². The molecule has 0 aliphatic carbocycles. The predicted octanol–water partition coefficient (Wildman–Crippen LogP) is 8.19. The molecule has 0 unspecified atom stereocenters. The summed E-state index contributed by atoms with van der Waals surface area (Å²) in [7, 11) is 3.72. The Morgan fingerprint density at radius 2 is 1.52 bits per heavy atom. The van der Waals surface area contributed by atoms with Crippen molar-refractivity contribution in [2.75, 3.05) is 0 Å². The molecule has 0 aliphatic heterocycles. The van der Waals surface area contributed by atoms with Crippen molar-refractivity contribution >= 4 is 21.6 Å². The molecule has 2 aromatic rings. The van der Waals surface area contributed by atoms with Crippen LogP contribution in [0.2, 0.25) is 0 Å². The number of nitrogens with zero attached hydrogens (tertiary/aromatic N) is 3. The molecule has 1 heterocycles. The van der Waals surface area contributed by atoms with E-state index in [0.29, 0.717) is 0 Å². The third-order valence-electron chi connectivity index (χ3n) is 5.22. The van der Waals surface area contributed by atoms with Gasteiger partial charge in [0.25, 0.3) is 0 Å². The molecule has 3 nitrogen and oxygen atoms in total. The summed E-state index contributed by atoms with van der Waals surface area (Å²) in [4.78, 5) is 0. The number of rotatable bonds is 14. The fourth-order valence-corrected chi connectivity index (χ4v) is 5.71. The lowest BCUT2D eigenvalue weighted by atomic mass is 10.0. The van der Waals surface area contributed by atoms with Crippen LogP contribution in [0.4, 0.5) is 0 Å². The Morgan fingerprint density at radius 3 is 2.21 bits per heavy atom. The maximum absolute atomic E-state index is 4.59. The van der Waals surface area contributed by atoms with E-state index in [0.717, 1.165) is 17.4 Å². The Labute approximate surface area is 186 Å². The van der Waals surface area contributed by atoms with Crippen molar-refractivity contribution < 1.29 is 0 Å². The summed E-state index contributed by atoms with van der Waals surface area (Å²) in [6.07, 6.45) is 12.5. The van der Waals surface area contributed by atoms with Crippen LogP contribution in [0, 0.1) is 6.92 Å². The molecule has 2 rings (SSSR count). The van der Waals surface area contributed by atoms with Crippen LogP contribution in [0.25, 0.3) is 5.69 Å². The maximum atomic E-state index is 4.59. The SMILES string of the molecule is CCCCCCCc1nnc(SSC(C)(C)CCCCC)n1-c1ccc(C)cc1. The second-order valence-electron chi connectivity index (χ2n) is 8.62. The van der Waals surface area contributed by atoms with Gasteiger partial charge in [-0.15, -0.1) is 10.2 Å². The molecule has 1 aromatic carbocycles. The normalized spacial score (nSPS) is 11.9. The number of hydrogen-bond donors (Lipinski definition) is 0. The molecular formula is C24H39N3S2. The number of hydrogen-bond acceptors (Lipinski definition) is 4. The van der Waals surface area contributed by atoms with Crippen LogP contribution in [0.15, 0.2) is 29.4 Å². The van der Waals surface area contributed by atoms with E-state index in [2.05, 4.69) is 73.6 Å². The first kappa shape index (κ1) is 24.3. The Balaban J connectivity index is 2.11. The Morgan fingerprint density at radius 1 is 0.862 bits per heavy atom. The molecule has 0 aliphatic rings. The van der Waals surface area contributed by atoms with Crippen LogP contribution in [0.5, 0.6) is 0 Å². The van der Waals surface area contributed by atoms with Gasteiger partial charge in [0.1, 0.15) is 5.82 Å². The fourth-order valence-electron chi connectivity index (χ4n) is 3.35. The van der Waals surface area contributed by atoms with E-state index in [-0.39, 0.29) is 4.75 Å². The molecule has 1 aromatic heterocycles. The molecule has 0 amide bonds. The second kappa shape index (κ2) is 12.7. The molecule has 0 atom stereocenters. The van der Waals surface area contributed by atoms with Gasteiger partial charge in [-0.25, -0.2) is 0 Å². The molecule has 5 heteroatoms. The molecule has 0 radical (unpaired) electrons. The summed E-state index contributed by atoms with van der Waals surface area (Å²) >= 11 is 0. The highest BCUT2D eigenvalue weighted by molar-refractivity contribution is 8.77. The number of aromatic nitrogens is 3. The first-order valence-electron chi connectivity index (χ1n) is 11.3. The lowest BCUT2D eigenvalue weighted by Gasteiger charge is -2.22. The van der Waals surface area contributed by atoms with E-state index in [9.17, 15) is 0 Å². The average Bonchev–Trinajstić information content (AvgIpc) is 3.10. The molecule has 0 saturated carbocycles. The van der Waals surface area contributed by atoms with E-state index in [1.165, 1.54) is 69.0 Å². The van der Waals surface area contributed by atoms with Crippen LogP contribution in [0.3, 0.4) is 0 Å². The zero-order valence-electron chi connectivity index (χ0n) is 19.0. The largest absolute Gasteiger partial charge is 0.273 e. The zero-order valence-corrected chi connectivity index (χ0v) is 20.7. The molecule has 29 heavy (non-hydrogen) atoms. The summed E-state index contributed by atoms with van der Waals surface area (Å²) in [6.45, 7) is 11.4. The van der Waals surface area contributed by atoms with Crippen LogP contribution < -0.4 is 0 Å². The highest BCUT2D eigenvalue weighted by Crippen LogP contribution is 2.43. The smallest absolute Gasteiger partial charge is 0.206 e.